The lowest BCUT2D eigenvalue weighted by atomic mass is 9.83. The van der Waals surface area contributed by atoms with Crippen molar-refractivity contribution in [2.24, 2.45) is 0 Å². The quantitative estimate of drug-likeness (QED) is 0.579. The van der Waals surface area contributed by atoms with Crippen LogP contribution in [0.15, 0.2) is 48.6 Å². The Kier molecular flexibility index (Phi) is 2.37. The molecule has 23 heavy (non-hydrogen) atoms. The second kappa shape index (κ2) is 4.08. The number of ether oxygens (including phenoxy) is 1. The number of thiazole rings is 1. The first kappa shape index (κ1) is 13.4. The molecular weight excluding hydrogens is 309 g/mol. The van der Waals surface area contributed by atoms with Crippen molar-refractivity contribution in [2.75, 3.05) is 0 Å². The summed E-state index contributed by atoms with van der Waals surface area (Å²) in [4.78, 5) is 4.86. The first-order chi connectivity index (χ1) is 11.0. The zero-order valence-electron chi connectivity index (χ0n) is 12.8. The van der Waals surface area contributed by atoms with Gasteiger partial charge in [0.25, 0.3) is 0 Å². The molecule has 2 aliphatic heterocycles. The SMILES string of the molecule is CC12C=CC(C)(O1)c1c2ccc2sc(-c3ccc(F)cc3)nc12. The largest absolute Gasteiger partial charge is 0.351 e. The van der Waals surface area contributed by atoms with Crippen LogP contribution >= 0.6 is 11.3 Å². The van der Waals surface area contributed by atoms with Gasteiger partial charge >= 0.3 is 0 Å². The zero-order chi connectivity index (χ0) is 15.8. The maximum Gasteiger partial charge on any atom is 0.124 e. The summed E-state index contributed by atoms with van der Waals surface area (Å²) in [6.07, 6.45) is 4.26. The van der Waals surface area contributed by atoms with Crippen molar-refractivity contribution in [3.8, 4) is 10.6 Å². The molecule has 1 aromatic heterocycles. The molecule has 0 saturated carbocycles. The van der Waals surface area contributed by atoms with Gasteiger partial charge in [0.15, 0.2) is 0 Å². The summed E-state index contributed by atoms with van der Waals surface area (Å²) >= 11 is 1.63. The molecule has 0 amide bonds. The van der Waals surface area contributed by atoms with Crippen LogP contribution in [-0.4, -0.2) is 4.98 Å². The van der Waals surface area contributed by atoms with Crippen molar-refractivity contribution in [1.29, 1.82) is 0 Å². The fourth-order valence-electron chi connectivity index (χ4n) is 3.73. The van der Waals surface area contributed by atoms with Gasteiger partial charge in [-0.2, -0.15) is 0 Å². The van der Waals surface area contributed by atoms with Crippen LogP contribution in [0.5, 0.6) is 0 Å². The monoisotopic (exact) mass is 323 g/mol. The lowest BCUT2D eigenvalue weighted by Crippen LogP contribution is -2.17. The predicted octanol–water partition coefficient (Wildman–Crippen LogP) is 5.13. The number of benzene rings is 2. The Morgan fingerprint density at radius 1 is 1.00 bits per heavy atom. The molecule has 5 rings (SSSR count). The number of halogens is 1. The molecule has 0 aliphatic carbocycles. The number of aromatic nitrogens is 1. The summed E-state index contributed by atoms with van der Waals surface area (Å²) in [5.74, 6) is -0.230. The second-order valence-electron chi connectivity index (χ2n) is 6.51. The van der Waals surface area contributed by atoms with Crippen molar-refractivity contribution in [3.63, 3.8) is 0 Å². The van der Waals surface area contributed by atoms with E-state index >= 15 is 0 Å². The molecule has 2 aliphatic rings. The topological polar surface area (TPSA) is 22.1 Å². The lowest BCUT2D eigenvalue weighted by Gasteiger charge is -2.18. The second-order valence-corrected chi connectivity index (χ2v) is 7.54. The molecule has 0 fully saturated rings. The van der Waals surface area contributed by atoms with E-state index in [0.29, 0.717) is 0 Å². The van der Waals surface area contributed by atoms with E-state index in [0.717, 1.165) is 20.8 Å². The van der Waals surface area contributed by atoms with E-state index in [1.165, 1.54) is 23.3 Å². The van der Waals surface area contributed by atoms with Crippen LogP contribution < -0.4 is 0 Å². The molecule has 0 N–H and O–H groups in total. The van der Waals surface area contributed by atoms with Crippen LogP contribution in [0.25, 0.3) is 20.8 Å². The first-order valence-electron chi connectivity index (χ1n) is 7.60. The molecule has 2 atom stereocenters. The molecule has 0 spiro atoms. The Balaban J connectivity index is 1.76. The van der Waals surface area contributed by atoms with Crippen LogP contribution in [0, 0.1) is 5.82 Å². The van der Waals surface area contributed by atoms with Crippen LogP contribution in [0.1, 0.15) is 25.0 Å². The van der Waals surface area contributed by atoms with Crippen LogP contribution in [0.2, 0.25) is 0 Å². The molecule has 4 heteroatoms. The van der Waals surface area contributed by atoms with E-state index in [9.17, 15) is 4.39 Å². The smallest absolute Gasteiger partial charge is 0.124 e. The van der Waals surface area contributed by atoms with Gasteiger partial charge in [-0.3, -0.25) is 0 Å². The van der Waals surface area contributed by atoms with Gasteiger partial charge in [-0.15, -0.1) is 11.3 Å². The zero-order valence-corrected chi connectivity index (χ0v) is 13.6. The van der Waals surface area contributed by atoms with Gasteiger partial charge in [0, 0.05) is 11.1 Å². The number of nitrogens with zero attached hydrogens (tertiary/aromatic N) is 1. The third kappa shape index (κ3) is 1.68. The third-order valence-corrected chi connectivity index (χ3v) is 5.90. The van der Waals surface area contributed by atoms with Crippen molar-refractivity contribution >= 4 is 21.6 Å². The summed E-state index contributed by atoms with van der Waals surface area (Å²) in [6.45, 7) is 4.19. The minimum Gasteiger partial charge on any atom is -0.351 e. The highest BCUT2D eigenvalue weighted by molar-refractivity contribution is 7.21. The Morgan fingerprint density at radius 2 is 1.74 bits per heavy atom. The maximum absolute atomic E-state index is 13.1. The summed E-state index contributed by atoms with van der Waals surface area (Å²) in [5.41, 5.74) is 3.56. The Labute approximate surface area is 137 Å². The van der Waals surface area contributed by atoms with E-state index in [2.05, 4.69) is 38.1 Å². The number of fused-ring (bicyclic) bond motifs is 7. The van der Waals surface area contributed by atoms with Gasteiger partial charge in [-0.25, -0.2) is 9.37 Å². The van der Waals surface area contributed by atoms with E-state index in [-0.39, 0.29) is 11.4 Å². The van der Waals surface area contributed by atoms with Crippen molar-refractivity contribution < 1.29 is 9.13 Å². The van der Waals surface area contributed by atoms with E-state index in [4.69, 9.17) is 9.72 Å². The van der Waals surface area contributed by atoms with Crippen molar-refractivity contribution in [1.82, 2.24) is 4.98 Å². The average molecular weight is 323 g/mol. The first-order valence-corrected chi connectivity index (χ1v) is 8.41. The molecule has 114 valence electrons. The number of hydrogen-bond donors (Lipinski definition) is 0. The van der Waals surface area contributed by atoms with Crippen LogP contribution in [-0.2, 0) is 15.9 Å². The molecule has 0 radical (unpaired) electrons. The Morgan fingerprint density at radius 3 is 2.52 bits per heavy atom. The highest BCUT2D eigenvalue weighted by Crippen LogP contribution is 2.56. The van der Waals surface area contributed by atoms with Crippen molar-refractivity contribution in [2.45, 2.75) is 25.0 Å². The van der Waals surface area contributed by atoms with Gasteiger partial charge < -0.3 is 4.74 Å². The number of rotatable bonds is 1. The fraction of sp³-hybridized carbons (Fsp3) is 0.211. The van der Waals surface area contributed by atoms with Crippen LogP contribution in [0.3, 0.4) is 0 Å². The third-order valence-electron chi connectivity index (χ3n) is 4.83. The van der Waals surface area contributed by atoms with Gasteiger partial charge in [0.1, 0.15) is 22.0 Å². The Bertz CT molecular complexity index is 991. The molecule has 2 aromatic carbocycles. The van der Waals surface area contributed by atoms with E-state index in [1.807, 2.05) is 0 Å². The van der Waals surface area contributed by atoms with E-state index < -0.39 is 5.60 Å². The average Bonchev–Trinajstić information content (AvgIpc) is 3.14. The minimum atomic E-state index is -0.405. The highest BCUT2D eigenvalue weighted by Gasteiger charge is 2.51. The van der Waals surface area contributed by atoms with Gasteiger partial charge in [0.05, 0.1) is 10.2 Å². The summed E-state index contributed by atoms with van der Waals surface area (Å²) in [5, 5.41) is 0.911. The highest BCUT2D eigenvalue weighted by atomic mass is 32.1. The summed E-state index contributed by atoms with van der Waals surface area (Å²) < 4.78 is 20.5. The van der Waals surface area contributed by atoms with Crippen LogP contribution in [0.4, 0.5) is 4.39 Å². The fourth-order valence-corrected chi connectivity index (χ4v) is 4.71. The summed E-state index contributed by atoms with van der Waals surface area (Å²) in [7, 11) is 0. The van der Waals surface area contributed by atoms with E-state index in [1.54, 1.807) is 23.5 Å². The molecular formula is C19H14FNOS. The van der Waals surface area contributed by atoms with Gasteiger partial charge in [-0.05, 0) is 61.9 Å². The number of hydrogen-bond acceptors (Lipinski definition) is 3. The minimum absolute atomic E-state index is 0.230. The van der Waals surface area contributed by atoms with Gasteiger partial charge in [-0.1, -0.05) is 6.07 Å². The summed E-state index contributed by atoms with van der Waals surface area (Å²) in [6, 6.07) is 10.8. The Hall–Kier alpha value is -2.04. The molecule has 3 aromatic rings. The lowest BCUT2D eigenvalue weighted by molar-refractivity contribution is -0.0491. The normalized spacial score (nSPS) is 27.8. The molecule has 3 heterocycles. The predicted molar refractivity (Wildman–Crippen MR) is 89.9 cm³/mol. The molecule has 2 unspecified atom stereocenters. The van der Waals surface area contributed by atoms with Gasteiger partial charge in [0.2, 0.25) is 0 Å². The molecule has 0 saturated heterocycles. The molecule has 2 bridgehead atoms. The maximum atomic E-state index is 13.1. The standard InChI is InChI=1S/C19H14FNOS/c1-18-9-10-19(2,22-18)15-13(18)7-8-14-16(15)21-17(23-14)11-3-5-12(20)6-4-11/h3-10H,1-2H3. The van der Waals surface area contributed by atoms with Crippen molar-refractivity contribution in [3.05, 3.63) is 65.5 Å². The molecule has 2 nitrogen and oxygen atoms in total.